The van der Waals surface area contributed by atoms with E-state index in [1.165, 1.54) is 0 Å². The van der Waals surface area contributed by atoms with Crippen LogP contribution in [0.4, 0.5) is 0 Å². The van der Waals surface area contributed by atoms with E-state index in [-0.39, 0.29) is 11.2 Å². The van der Waals surface area contributed by atoms with Gasteiger partial charge in [0.2, 0.25) is 0 Å². The van der Waals surface area contributed by atoms with Crippen molar-refractivity contribution < 1.29 is 9.53 Å². The van der Waals surface area contributed by atoms with E-state index in [0.29, 0.717) is 19.2 Å². The zero-order chi connectivity index (χ0) is 12.1. The lowest BCUT2D eigenvalue weighted by molar-refractivity contribution is -0.128. The highest BCUT2D eigenvalue weighted by Gasteiger charge is 2.24. The second kappa shape index (κ2) is 6.23. The van der Waals surface area contributed by atoms with Crippen molar-refractivity contribution in [1.82, 2.24) is 4.90 Å². The Hall–Kier alpha value is -0.410. The monoisotopic (exact) mass is 215 g/mol. The number of carbonyl (C=O) groups excluding carboxylic acids is 1. The first-order valence-corrected chi connectivity index (χ1v) is 5.59. The Morgan fingerprint density at radius 1 is 1.40 bits per heavy atom. The zero-order valence-electron chi connectivity index (χ0n) is 11.0. The number of rotatable bonds is 6. The predicted octanol–water partition coefficient (Wildman–Crippen LogP) is 1.96. The van der Waals surface area contributed by atoms with Gasteiger partial charge in [0.25, 0.3) is 0 Å². The minimum atomic E-state index is -0.250. The molecule has 1 atom stereocenters. The lowest BCUT2D eigenvalue weighted by Gasteiger charge is -2.29. The molecule has 0 aliphatic rings. The molecule has 0 aliphatic carbocycles. The van der Waals surface area contributed by atoms with Crippen LogP contribution in [0.2, 0.25) is 0 Å². The van der Waals surface area contributed by atoms with Gasteiger partial charge in [0.1, 0.15) is 0 Å². The molecule has 0 saturated heterocycles. The van der Waals surface area contributed by atoms with E-state index in [1.807, 2.05) is 20.8 Å². The van der Waals surface area contributed by atoms with Crippen LogP contribution in [0.1, 0.15) is 34.6 Å². The molecule has 1 unspecified atom stereocenters. The van der Waals surface area contributed by atoms with Gasteiger partial charge in [-0.3, -0.25) is 9.69 Å². The normalized spacial score (nSPS) is 14.3. The van der Waals surface area contributed by atoms with Crippen LogP contribution in [-0.2, 0) is 9.53 Å². The number of methoxy groups -OCH3 is 1. The van der Waals surface area contributed by atoms with E-state index in [4.69, 9.17) is 4.74 Å². The molecule has 0 saturated carbocycles. The molecule has 90 valence electrons. The number of nitrogens with zero attached hydrogens (tertiary/aromatic N) is 1. The largest absolute Gasteiger partial charge is 0.383 e. The van der Waals surface area contributed by atoms with Crippen molar-refractivity contribution in [3.8, 4) is 0 Å². The summed E-state index contributed by atoms with van der Waals surface area (Å²) in [6.45, 7) is 12.1. The van der Waals surface area contributed by atoms with E-state index in [1.54, 1.807) is 7.11 Å². The molecular formula is C12H25NO2. The van der Waals surface area contributed by atoms with Crippen LogP contribution in [0.3, 0.4) is 0 Å². The quantitative estimate of drug-likeness (QED) is 0.678. The van der Waals surface area contributed by atoms with Gasteiger partial charge in [-0.15, -0.1) is 0 Å². The highest BCUT2D eigenvalue weighted by Crippen LogP contribution is 2.15. The Labute approximate surface area is 93.8 Å². The minimum Gasteiger partial charge on any atom is -0.383 e. The molecule has 0 rings (SSSR count). The van der Waals surface area contributed by atoms with Crippen molar-refractivity contribution in [2.24, 2.45) is 5.41 Å². The maximum atomic E-state index is 11.9. The van der Waals surface area contributed by atoms with Crippen LogP contribution in [-0.4, -0.2) is 43.5 Å². The fourth-order valence-electron chi connectivity index (χ4n) is 1.35. The molecular weight excluding hydrogens is 190 g/mol. The summed E-state index contributed by atoms with van der Waals surface area (Å²) in [6.07, 6.45) is 0. The number of likely N-dealkylation sites (N-methyl/N-ethyl adjacent to an activating group) is 1. The van der Waals surface area contributed by atoms with Gasteiger partial charge in [-0.2, -0.15) is 0 Å². The number of ether oxygens (including phenoxy) is 1. The van der Waals surface area contributed by atoms with Crippen molar-refractivity contribution in [1.29, 1.82) is 0 Å². The van der Waals surface area contributed by atoms with Crippen LogP contribution in [0.5, 0.6) is 0 Å². The molecule has 3 nitrogen and oxygen atoms in total. The summed E-state index contributed by atoms with van der Waals surface area (Å²) < 4.78 is 5.10. The fraction of sp³-hybridized carbons (Fsp3) is 0.917. The van der Waals surface area contributed by atoms with Crippen molar-refractivity contribution in [2.45, 2.75) is 40.7 Å². The van der Waals surface area contributed by atoms with Gasteiger partial charge in [-0.1, -0.05) is 27.7 Å². The summed E-state index contributed by atoms with van der Waals surface area (Å²) in [5, 5.41) is 0. The molecule has 0 N–H and O–H groups in total. The zero-order valence-corrected chi connectivity index (χ0v) is 11.0. The summed E-state index contributed by atoms with van der Waals surface area (Å²) in [5.41, 5.74) is -0.250. The first-order chi connectivity index (χ1) is 6.82. The smallest absolute Gasteiger partial charge is 0.152 e. The van der Waals surface area contributed by atoms with Gasteiger partial charge >= 0.3 is 0 Å². The van der Waals surface area contributed by atoms with Crippen LogP contribution in [0, 0.1) is 5.41 Å². The minimum absolute atomic E-state index is 0.250. The molecule has 15 heavy (non-hydrogen) atoms. The molecule has 0 spiro atoms. The van der Waals surface area contributed by atoms with Gasteiger partial charge in [0.05, 0.1) is 13.2 Å². The van der Waals surface area contributed by atoms with Gasteiger partial charge < -0.3 is 4.74 Å². The van der Waals surface area contributed by atoms with E-state index in [2.05, 4.69) is 18.7 Å². The third-order valence-electron chi connectivity index (χ3n) is 2.62. The number of hydrogen-bond acceptors (Lipinski definition) is 3. The van der Waals surface area contributed by atoms with Crippen LogP contribution in [0.15, 0.2) is 0 Å². The molecule has 3 heteroatoms. The van der Waals surface area contributed by atoms with Crippen molar-refractivity contribution >= 4 is 5.78 Å². The van der Waals surface area contributed by atoms with Gasteiger partial charge in [0, 0.05) is 18.6 Å². The summed E-state index contributed by atoms with van der Waals surface area (Å²) in [7, 11) is 1.69. The van der Waals surface area contributed by atoms with Crippen LogP contribution in [0.25, 0.3) is 0 Å². The highest BCUT2D eigenvalue weighted by molar-refractivity contribution is 5.85. The molecule has 0 aromatic carbocycles. The molecule has 0 heterocycles. The summed E-state index contributed by atoms with van der Waals surface area (Å²) >= 11 is 0. The molecule has 0 aliphatic heterocycles. The van der Waals surface area contributed by atoms with E-state index < -0.39 is 0 Å². The topological polar surface area (TPSA) is 29.5 Å². The Morgan fingerprint density at radius 2 is 1.93 bits per heavy atom. The average molecular weight is 215 g/mol. The lowest BCUT2D eigenvalue weighted by atomic mass is 9.90. The average Bonchev–Trinajstić information content (AvgIpc) is 2.12. The van der Waals surface area contributed by atoms with E-state index in [0.717, 1.165) is 6.54 Å². The summed E-state index contributed by atoms with van der Waals surface area (Å²) in [4.78, 5) is 14.0. The molecule has 0 bridgehead atoms. The summed E-state index contributed by atoms with van der Waals surface area (Å²) in [6, 6.07) is 0.297. The number of carbonyl (C=O) groups is 1. The van der Waals surface area contributed by atoms with Gasteiger partial charge in [-0.05, 0) is 13.5 Å². The maximum Gasteiger partial charge on any atom is 0.152 e. The van der Waals surface area contributed by atoms with Crippen LogP contribution >= 0.6 is 0 Å². The van der Waals surface area contributed by atoms with E-state index in [9.17, 15) is 4.79 Å². The predicted molar refractivity (Wildman–Crippen MR) is 63.0 cm³/mol. The molecule has 0 fully saturated rings. The molecule has 0 amide bonds. The second-order valence-corrected chi connectivity index (χ2v) is 5.04. The SMILES string of the molecule is CCN(CC(=O)C(C)(C)C)C(C)COC. The Balaban J connectivity index is 4.27. The Kier molecular flexibility index (Phi) is 6.06. The van der Waals surface area contributed by atoms with Gasteiger partial charge in [-0.25, -0.2) is 0 Å². The van der Waals surface area contributed by atoms with Crippen LogP contribution < -0.4 is 0 Å². The van der Waals surface area contributed by atoms with E-state index >= 15 is 0 Å². The first-order valence-electron chi connectivity index (χ1n) is 5.59. The van der Waals surface area contributed by atoms with Crippen molar-refractivity contribution in [3.63, 3.8) is 0 Å². The Morgan fingerprint density at radius 3 is 2.27 bits per heavy atom. The lowest BCUT2D eigenvalue weighted by Crippen LogP contribution is -2.42. The number of Topliss-reactive ketones (excluding diaryl/α,β-unsaturated/α-hetero) is 1. The molecule has 0 aromatic heterocycles. The number of hydrogen-bond donors (Lipinski definition) is 0. The third-order valence-corrected chi connectivity index (χ3v) is 2.62. The molecule has 0 aromatic rings. The van der Waals surface area contributed by atoms with Crippen molar-refractivity contribution in [2.75, 3.05) is 26.8 Å². The molecule has 0 radical (unpaired) electrons. The number of ketones is 1. The second-order valence-electron chi connectivity index (χ2n) is 5.04. The maximum absolute atomic E-state index is 11.9. The van der Waals surface area contributed by atoms with Crippen molar-refractivity contribution in [3.05, 3.63) is 0 Å². The fourth-order valence-corrected chi connectivity index (χ4v) is 1.35. The first kappa shape index (κ1) is 14.6. The summed E-state index contributed by atoms with van der Waals surface area (Å²) in [5.74, 6) is 0.285. The highest BCUT2D eigenvalue weighted by atomic mass is 16.5. The third kappa shape index (κ3) is 5.28. The van der Waals surface area contributed by atoms with Gasteiger partial charge in [0.15, 0.2) is 5.78 Å². The standard InChI is InChI=1S/C12H25NO2/c1-7-13(10(2)9-15-6)8-11(14)12(3,4)5/h10H,7-9H2,1-6H3. The Bertz CT molecular complexity index is 196.